The summed E-state index contributed by atoms with van der Waals surface area (Å²) in [6.45, 7) is 1.18. The zero-order valence-electron chi connectivity index (χ0n) is 11.7. The lowest BCUT2D eigenvalue weighted by Gasteiger charge is -2.18. The van der Waals surface area contributed by atoms with E-state index in [2.05, 4.69) is 15.3 Å². The Balaban J connectivity index is 1.59. The molecular weight excluding hydrogens is 298 g/mol. The number of pyridine rings is 1. The number of hydrogen-bond donors (Lipinski definition) is 1. The van der Waals surface area contributed by atoms with Crippen molar-refractivity contribution < 1.29 is 9.47 Å². The number of nitrogens with zero attached hydrogens (tertiary/aromatic N) is 2. The number of ether oxygens (including phenoxy) is 2. The van der Waals surface area contributed by atoms with Crippen LogP contribution in [0.1, 0.15) is 0 Å². The fraction of sp³-hybridized carbons (Fsp3) is 0.125. The number of fused-ring (bicyclic) bond motifs is 1. The van der Waals surface area contributed by atoms with Crippen LogP contribution >= 0.6 is 11.3 Å². The maximum atomic E-state index is 5.61. The second-order valence-corrected chi connectivity index (χ2v) is 5.59. The van der Waals surface area contributed by atoms with Crippen molar-refractivity contribution >= 4 is 22.3 Å². The molecule has 4 rings (SSSR count). The van der Waals surface area contributed by atoms with Crippen LogP contribution in [0, 0.1) is 0 Å². The van der Waals surface area contributed by atoms with Crippen LogP contribution in [0.3, 0.4) is 0 Å². The van der Waals surface area contributed by atoms with E-state index in [-0.39, 0.29) is 0 Å². The fourth-order valence-electron chi connectivity index (χ4n) is 2.21. The third-order valence-corrected chi connectivity index (χ3v) is 4.00. The lowest BCUT2D eigenvalue weighted by atomic mass is 10.1. The van der Waals surface area contributed by atoms with Crippen LogP contribution in [0.4, 0.5) is 10.9 Å². The van der Waals surface area contributed by atoms with Crippen molar-refractivity contribution in [2.24, 2.45) is 0 Å². The minimum Gasteiger partial charge on any atom is -0.486 e. The van der Waals surface area contributed by atoms with Gasteiger partial charge in [0.05, 0.1) is 5.69 Å². The van der Waals surface area contributed by atoms with Gasteiger partial charge in [-0.25, -0.2) is 9.97 Å². The third kappa shape index (κ3) is 2.60. The maximum absolute atomic E-state index is 5.61. The molecule has 2 aromatic heterocycles. The standard InChI is InChI=1S/C16H13N3O2S/c1-2-6-17-15(3-1)19-16-18-12(10-22-16)11-4-5-13-14(9-11)21-8-7-20-13/h1-6,9-10H,7-8H2,(H,17,18,19). The molecule has 5 nitrogen and oxygen atoms in total. The molecule has 1 aromatic carbocycles. The monoisotopic (exact) mass is 311 g/mol. The zero-order valence-corrected chi connectivity index (χ0v) is 12.5. The van der Waals surface area contributed by atoms with Gasteiger partial charge in [0.1, 0.15) is 19.0 Å². The Labute approximate surface area is 131 Å². The lowest BCUT2D eigenvalue weighted by Crippen LogP contribution is -2.15. The van der Waals surface area contributed by atoms with Crippen molar-refractivity contribution in [3.05, 3.63) is 48.0 Å². The summed E-state index contributed by atoms with van der Waals surface area (Å²) in [6, 6.07) is 11.6. The van der Waals surface area contributed by atoms with Crippen molar-refractivity contribution in [3.8, 4) is 22.8 Å². The Morgan fingerprint density at radius 1 is 1.05 bits per heavy atom. The van der Waals surface area contributed by atoms with Gasteiger partial charge in [-0.15, -0.1) is 11.3 Å². The summed E-state index contributed by atoms with van der Waals surface area (Å²) < 4.78 is 11.1. The first-order valence-corrected chi connectivity index (χ1v) is 7.80. The molecule has 3 aromatic rings. The molecule has 0 aliphatic carbocycles. The average Bonchev–Trinajstić information content (AvgIpc) is 3.04. The summed E-state index contributed by atoms with van der Waals surface area (Å²) in [5, 5.41) is 6.02. The maximum Gasteiger partial charge on any atom is 0.188 e. The molecular formula is C16H13N3O2S. The Bertz CT molecular complexity index is 789. The van der Waals surface area contributed by atoms with Gasteiger partial charge in [-0.05, 0) is 30.3 Å². The van der Waals surface area contributed by atoms with Gasteiger partial charge in [0.15, 0.2) is 16.6 Å². The van der Waals surface area contributed by atoms with Crippen LogP contribution in [0.2, 0.25) is 0 Å². The van der Waals surface area contributed by atoms with Gasteiger partial charge in [0.25, 0.3) is 0 Å². The molecule has 0 saturated heterocycles. The van der Waals surface area contributed by atoms with Crippen LogP contribution in [0.5, 0.6) is 11.5 Å². The Hall–Kier alpha value is -2.60. The molecule has 0 spiro atoms. The molecule has 1 aliphatic rings. The topological polar surface area (TPSA) is 56.3 Å². The minimum atomic E-state index is 0.583. The van der Waals surface area contributed by atoms with E-state index in [1.165, 1.54) is 0 Å². The normalized spacial score (nSPS) is 12.9. The highest BCUT2D eigenvalue weighted by atomic mass is 32.1. The van der Waals surface area contributed by atoms with Crippen LogP contribution < -0.4 is 14.8 Å². The van der Waals surface area contributed by atoms with Crippen molar-refractivity contribution in [1.82, 2.24) is 9.97 Å². The average molecular weight is 311 g/mol. The van der Waals surface area contributed by atoms with Gasteiger partial charge in [-0.2, -0.15) is 0 Å². The largest absolute Gasteiger partial charge is 0.486 e. The summed E-state index contributed by atoms with van der Waals surface area (Å²) in [6.07, 6.45) is 1.75. The first kappa shape index (κ1) is 13.1. The molecule has 110 valence electrons. The van der Waals surface area contributed by atoms with E-state index >= 15 is 0 Å². The molecule has 1 aliphatic heterocycles. The predicted molar refractivity (Wildman–Crippen MR) is 86.1 cm³/mol. The number of rotatable bonds is 3. The van der Waals surface area contributed by atoms with Gasteiger partial charge in [-0.1, -0.05) is 6.07 Å². The quantitative estimate of drug-likeness (QED) is 0.799. The fourth-order valence-corrected chi connectivity index (χ4v) is 2.94. The molecule has 0 atom stereocenters. The molecule has 22 heavy (non-hydrogen) atoms. The highest BCUT2D eigenvalue weighted by molar-refractivity contribution is 7.14. The Kier molecular flexibility index (Phi) is 3.36. The van der Waals surface area contributed by atoms with E-state index in [1.54, 1.807) is 17.5 Å². The van der Waals surface area contributed by atoms with Gasteiger partial charge in [-0.3, -0.25) is 0 Å². The number of anilines is 2. The third-order valence-electron chi connectivity index (χ3n) is 3.24. The minimum absolute atomic E-state index is 0.583. The van der Waals surface area contributed by atoms with E-state index in [1.807, 2.05) is 41.8 Å². The zero-order chi connectivity index (χ0) is 14.8. The van der Waals surface area contributed by atoms with Crippen molar-refractivity contribution in [1.29, 1.82) is 0 Å². The van der Waals surface area contributed by atoms with Gasteiger partial charge in [0, 0.05) is 17.1 Å². The summed E-state index contributed by atoms with van der Waals surface area (Å²) >= 11 is 1.54. The van der Waals surface area contributed by atoms with Crippen molar-refractivity contribution in [3.63, 3.8) is 0 Å². The van der Waals surface area contributed by atoms with E-state index in [9.17, 15) is 0 Å². The highest BCUT2D eigenvalue weighted by Crippen LogP contribution is 2.35. The van der Waals surface area contributed by atoms with Crippen molar-refractivity contribution in [2.45, 2.75) is 0 Å². The molecule has 0 unspecified atom stereocenters. The second kappa shape index (κ2) is 5.65. The van der Waals surface area contributed by atoms with E-state index < -0.39 is 0 Å². The van der Waals surface area contributed by atoms with E-state index in [0.717, 1.165) is 33.7 Å². The molecule has 1 N–H and O–H groups in total. The van der Waals surface area contributed by atoms with Crippen LogP contribution in [0.15, 0.2) is 48.0 Å². The SMILES string of the molecule is c1ccc(Nc2nc(-c3ccc4c(c3)OCCO4)cs2)nc1. The number of benzene rings is 1. The second-order valence-electron chi connectivity index (χ2n) is 4.74. The molecule has 0 fully saturated rings. The molecule has 0 amide bonds. The van der Waals surface area contributed by atoms with Crippen LogP contribution in [-0.2, 0) is 0 Å². The van der Waals surface area contributed by atoms with Crippen molar-refractivity contribution in [2.75, 3.05) is 18.5 Å². The summed E-state index contributed by atoms with van der Waals surface area (Å²) in [5.41, 5.74) is 1.91. The number of aromatic nitrogens is 2. The summed E-state index contributed by atoms with van der Waals surface area (Å²) in [4.78, 5) is 8.83. The van der Waals surface area contributed by atoms with Gasteiger partial charge < -0.3 is 14.8 Å². The number of thiazole rings is 1. The Morgan fingerprint density at radius 2 is 1.95 bits per heavy atom. The van der Waals surface area contributed by atoms with E-state index in [4.69, 9.17) is 9.47 Å². The smallest absolute Gasteiger partial charge is 0.188 e. The molecule has 6 heteroatoms. The molecule has 0 bridgehead atoms. The predicted octanol–water partition coefficient (Wildman–Crippen LogP) is 3.72. The molecule has 0 saturated carbocycles. The molecule has 3 heterocycles. The first-order chi connectivity index (χ1) is 10.9. The number of hydrogen-bond acceptors (Lipinski definition) is 6. The molecule has 0 radical (unpaired) electrons. The summed E-state index contributed by atoms with van der Waals surface area (Å²) in [5.74, 6) is 2.35. The Morgan fingerprint density at radius 3 is 2.82 bits per heavy atom. The van der Waals surface area contributed by atoms with E-state index in [0.29, 0.717) is 13.2 Å². The van der Waals surface area contributed by atoms with Gasteiger partial charge in [0.2, 0.25) is 0 Å². The van der Waals surface area contributed by atoms with Gasteiger partial charge >= 0.3 is 0 Å². The first-order valence-electron chi connectivity index (χ1n) is 6.92. The van der Waals surface area contributed by atoms with Crippen LogP contribution in [0.25, 0.3) is 11.3 Å². The number of nitrogens with one attached hydrogen (secondary N) is 1. The lowest BCUT2D eigenvalue weighted by molar-refractivity contribution is 0.171. The summed E-state index contributed by atoms with van der Waals surface area (Å²) in [7, 11) is 0. The highest BCUT2D eigenvalue weighted by Gasteiger charge is 2.13. The van der Waals surface area contributed by atoms with Crippen LogP contribution in [-0.4, -0.2) is 23.2 Å².